The van der Waals surface area contributed by atoms with E-state index < -0.39 is 0 Å². The first kappa shape index (κ1) is 18.5. The van der Waals surface area contributed by atoms with E-state index in [-0.39, 0.29) is 6.10 Å². The minimum Gasteiger partial charge on any atom is -0.370 e. The Labute approximate surface area is 172 Å². The van der Waals surface area contributed by atoms with E-state index in [2.05, 4.69) is 75.1 Å². The smallest absolute Gasteiger partial charge is 0.162 e. The van der Waals surface area contributed by atoms with Crippen LogP contribution in [0.25, 0.3) is 11.1 Å². The van der Waals surface area contributed by atoms with Gasteiger partial charge in [0.1, 0.15) is 11.9 Å². The highest BCUT2D eigenvalue weighted by atomic mass is 16.5. The normalized spacial score (nSPS) is 19.8. The summed E-state index contributed by atoms with van der Waals surface area (Å²) in [5.74, 6) is 2.13. The number of hydrogen-bond acceptors (Lipinski definition) is 4. The molecule has 1 aromatic heterocycles. The van der Waals surface area contributed by atoms with E-state index in [1.54, 1.807) is 0 Å². The van der Waals surface area contributed by atoms with Crippen LogP contribution in [0.4, 0.5) is 0 Å². The third-order valence-corrected chi connectivity index (χ3v) is 6.15. The molecule has 5 rings (SSSR count). The molecule has 0 aliphatic carbocycles. The Balaban J connectivity index is 1.30. The van der Waals surface area contributed by atoms with Crippen molar-refractivity contribution in [2.24, 2.45) is 0 Å². The second-order valence-electron chi connectivity index (χ2n) is 8.17. The van der Waals surface area contributed by atoms with E-state index >= 15 is 0 Å². The lowest BCUT2D eigenvalue weighted by Crippen LogP contribution is -2.27. The summed E-state index contributed by atoms with van der Waals surface area (Å²) in [6.07, 6.45) is 3.26. The molecule has 2 aromatic carbocycles. The Kier molecular flexibility index (Phi) is 5.17. The number of aromatic nitrogens is 3. The molecular weight excluding hydrogens is 360 g/mol. The Morgan fingerprint density at radius 2 is 1.97 bits per heavy atom. The van der Waals surface area contributed by atoms with E-state index in [0.29, 0.717) is 0 Å². The third kappa shape index (κ3) is 3.85. The quantitative estimate of drug-likeness (QED) is 0.673. The van der Waals surface area contributed by atoms with Crippen LogP contribution >= 0.6 is 0 Å². The molecule has 150 valence electrons. The lowest BCUT2D eigenvalue weighted by molar-refractivity contribution is 0.101. The van der Waals surface area contributed by atoms with Gasteiger partial charge in [-0.1, -0.05) is 42.5 Å². The fourth-order valence-corrected chi connectivity index (χ4v) is 4.56. The van der Waals surface area contributed by atoms with Gasteiger partial charge in [-0.25, -0.2) is 0 Å². The fraction of sp³-hybridized carbons (Fsp3) is 0.417. The average Bonchev–Trinajstić information content (AvgIpc) is 3.36. The maximum atomic E-state index is 5.85. The second kappa shape index (κ2) is 8.09. The van der Waals surface area contributed by atoms with Crippen molar-refractivity contribution < 1.29 is 4.74 Å². The Morgan fingerprint density at radius 3 is 2.83 bits per heavy atom. The summed E-state index contributed by atoms with van der Waals surface area (Å²) in [4.78, 5) is 2.53. The molecule has 3 aromatic rings. The summed E-state index contributed by atoms with van der Waals surface area (Å²) < 4.78 is 8.16. The molecule has 0 radical (unpaired) electrons. The van der Waals surface area contributed by atoms with Crippen molar-refractivity contribution in [3.05, 3.63) is 71.3 Å². The van der Waals surface area contributed by atoms with E-state index in [9.17, 15) is 0 Å². The number of ether oxygens (including phenoxy) is 1. The van der Waals surface area contributed by atoms with Crippen LogP contribution in [0.1, 0.15) is 41.7 Å². The lowest BCUT2D eigenvalue weighted by Gasteiger charge is -2.20. The zero-order valence-electron chi connectivity index (χ0n) is 17.1. The van der Waals surface area contributed by atoms with Crippen LogP contribution in [0.15, 0.2) is 48.5 Å². The standard InChI is InChI=1S/C24H28N4O/c1-18-6-2-3-9-21(18)20-8-4-7-19(16-20)17-27-12-11-23-25-26-24(28(23)14-13-27)22-10-5-15-29-22/h2-4,6-9,16,22H,5,10-15,17H2,1H3. The summed E-state index contributed by atoms with van der Waals surface area (Å²) in [6.45, 7) is 6.95. The van der Waals surface area contributed by atoms with Crippen LogP contribution in [0, 0.1) is 6.92 Å². The SMILES string of the molecule is Cc1ccccc1-c1cccc(CN2CCc3nnc(C4CCCO4)n3CC2)c1. The fourth-order valence-electron chi connectivity index (χ4n) is 4.56. The molecule has 2 aliphatic rings. The van der Waals surface area contributed by atoms with Crippen molar-refractivity contribution in [3.63, 3.8) is 0 Å². The van der Waals surface area contributed by atoms with Gasteiger partial charge in [0.2, 0.25) is 0 Å². The molecule has 5 heteroatoms. The van der Waals surface area contributed by atoms with Gasteiger partial charge in [-0.05, 0) is 48.1 Å². The van der Waals surface area contributed by atoms with E-state index in [1.807, 2.05) is 0 Å². The first-order valence-electron chi connectivity index (χ1n) is 10.7. The van der Waals surface area contributed by atoms with E-state index in [0.717, 1.165) is 63.7 Å². The molecule has 1 fully saturated rings. The molecular formula is C24H28N4O. The minimum absolute atomic E-state index is 0.133. The number of aryl methyl sites for hydroxylation is 1. The highest BCUT2D eigenvalue weighted by molar-refractivity contribution is 5.67. The van der Waals surface area contributed by atoms with Gasteiger partial charge in [0.15, 0.2) is 5.82 Å². The van der Waals surface area contributed by atoms with Gasteiger partial charge in [-0.15, -0.1) is 10.2 Å². The maximum absolute atomic E-state index is 5.85. The molecule has 0 spiro atoms. The predicted octanol–water partition coefficient (Wildman–Crippen LogP) is 4.16. The van der Waals surface area contributed by atoms with Crippen molar-refractivity contribution in [1.82, 2.24) is 19.7 Å². The Morgan fingerprint density at radius 1 is 1.03 bits per heavy atom. The second-order valence-corrected chi connectivity index (χ2v) is 8.17. The molecule has 3 heterocycles. The van der Waals surface area contributed by atoms with Gasteiger partial charge in [0, 0.05) is 39.2 Å². The number of fused-ring (bicyclic) bond motifs is 1. The van der Waals surface area contributed by atoms with Gasteiger partial charge in [0.25, 0.3) is 0 Å². The molecule has 0 N–H and O–H groups in total. The monoisotopic (exact) mass is 388 g/mol. The molecule has 0 amide bonds. The lowest BCUT2D eigenvalue weighted by atomic mass is 9.99. The van der Waals surface area contributed by atoms with Gasteiger partial charge < -0.3 is 9.30 Å². The average molecular weight is 389 g/mol. The summed E-state index contributed by atoms with van der Waals surface area (Å²) in [7, 11) is 0. The van der Waals surface area contributed by atoms with Crippen LogP contribution < -0.4 is 0 Å². The molecule has 29 heavy (non-hydrogen) atoms. The summed E-state index contributed by atoms with van der Waals surface area (Å²) in [5.41, 5.74) is 5.30. The largest absolute Gasteiger partial charge is 0.370 e. The van der Waals surface area contributed by atoms with Crippen LogP contribution in [-0.2, 0) is 24.2 Å². The number of hydrogen-bond donors (Lipinski definition) is 0. The van der Waals surface area contributed by atoms with Crippen LogP contribution in [0.2, 0.25) is 0 Å². The topological polar surface area (TPSA) is 43.2 Å². The van der Waals surface area contributed by atoms with Crippen LogP contribution in [0.5, 0.6) is 0 Å². The predicted molar refractivity (Wildman–Crippen MR) is 114 cm³/mol. The van der Waals surface area contributed by atoms with Crippen LogP contribution in [0.3, 0.4) is 0 Å². The van der Waals surface area contributed by atoms with Gasteiger partial charge in [0.05, 0.1) is 0 Å². The maximum Gasteiger partial charge on any atom is 0.162 e. The van der Waals surface area contributed by atoms with Crippen molar-refractivity contribution >= 4 is 0 Å². The van der Waals surface area contributed by atoms with Crippen molar-refractivity contribution in [2.75, 3.05) is 19.7 Å². The minimum atomic E-state index is 0.133. The number of rotatable bonds is 4. The Bertz CT molecular complexity index is 990. The highest BCUT2D eigenvalue weighted by Crippen LogP contribution is 2.29. The molecule has 2 aliphatic heterocycles. The molecule has 1 saturated heterocycles. The zero-order valence-corrected chi connectivity index (χ0v) is 17.1. The Hall–Kier alpha value is -2.50. The zero-order chi connectivity index (χ0) is 19.6. The van der Waals surface area contributed by atoms with Crippen LogP contribution in [-0.4, -0.2) is 39.4 Å². The third-order valence-electron chi connectivity index (χ3n) is 6.15. The van der Waals surface area contributed by atoms with E-state index in [4.69, 9.17) is 4.74 Å². The molecule has 1 atom stereocenters. The summed E-state index contributed by atoms with van der Waals surface area (Å²) in [5, 5.41) is 8.93. The first-order chi connectivity index (χ1) is 14.3. The molecule has 1 unspecified atom stereocenters. The van der Waals surface area contributed by atoms with Crippen molar-refractivity contribution in [2.45, 2.75) is 45.4 Å². The molecule has 5 nitrogen and oxygen atoms in total. The van der Waals surface area contributed by atoms with E-state index in [1.165, 1.54) is 22.3 Å². The van der Waals surface area contributed by atoms with Crippen molar-refractivity contribution in [3.8, 4) is 11.1 Å². The number of nitrogens with zero attached hydrogens (tertiary/aromatic N) is 4. The molecule has 0 saturated carbocycles. The summed E-state index contributed by atoms with van der Waals surface area (Å²) >= 11 is 0. The number of benzene rings is 2. The van der Waals surface area contributed by atoms with Gasteiger partial charge in [-0.3, -0.25) is 4.90 Å². The van der Waals surface area contributed by atoms with Gasteiger partial charge >= 0.3 is 0 Å². The highest BCUT2D eigenvalue weighted by Gasteiger charge is 2.27. The van der Waals surface area contributed by atoms with Gasteiger partial charge in [-0.2, -0.15) is 0 Å². The first-order valence-corrected chi connectivity index (χ1v) is 10.7. The van der Waals surface area contributed by atoms with Crippen molar-refractivity contribution in [1.29, 1.82) is 0 Å². The molecule has 0 bridgehead atoms. The summed E-state index contributed by atoms with van der Waals surface area (Å²) in [6, 6.07) is 17.6.